The summed E-state index contributed by atoms with van der Waals surface area (Å²) in [4.78, 5) is 14.6. The van der Waals surface area contributed by atoms with Crippen molar-refractivity contribution >= 4 is 29.3 Å². The van der Waals surface area contributed by atoms with Gasteiger partial charge in [-0.1, -0.05) is 71.9 Å². The van der Waals surface area contributed by atoms with Gasteiger partial charge in [0.2, 0.25) is 11.1 Å². The molecule has 1 amide bonds. The molecule has 1 aliphatic rings. The first-order valence-electron chi connectivity index (χ1n) is 11.1. The largest absolute Gasteiger partial charge is 0.341 e. The Morgan fingerprint density at radius 3 is 2.65 bits per heavy atom. The Hall–Kier alpha value is -3.17. The first-order chi connectivity index (χ1) is 16.6. The van der Waals surface area contributed by atoms with Gasteiger partial charge >= 0.3 is 0 Å². The molecule has 4 aromatic rings. The number of aromatic nitrogens is 6. The summed E-state index contributed by atoms with van der Waals surface area (Å²) in [5.74, 6) is 0.283. The third-order valence-electron chi connectivity index (χ3n) is 5.69. The maximum Gasteiger partial charge on any atom is 0.233 e. The quantitative estimate of drug-likeness (QED) is 0.323. The Labute approximate surface area is 206 Å². The van der Waals surface area contributed by atoms with Crippen LogP contribution in [0.3, 0.4) is 0 Å². The first kappa shape index (κ1) is 22.6. The summed E-state index contributed by atoms with van der Waals surface area (Å²) in [5, 5.41) is 18.1. The van der Waals surface area contributed by atoms with E-state index in [1.807, 2.05) is 77.2 Å². The van der Waals surface area contributed by atoms with Gasteiger partial charge in [0.25, 0.3) is 0 Å². The molecule has 0 spiro atoms. The van der Waals surface area contributed by atoms with Crippen molar-refractivity contribution in [1.29, 1.82) is 0 Å². The second kappa shape index (κ2) is 9.99. The van der Waals surface area contributed by atoms with Gasteiger partial charge in [0.15, 0.2) is 0 Å². The minimum Gasteiger partial charge on any atom is -0.341 e. The monoisotopic (exact) mass is 493 g/mol. The summed E-state index contributed by atoms with van der Waals surface area (Å²) >= 11 is 7.74. The highest BCUT2D eigenvalue weighted by atomic mass is 35.5. The van der Waals surface area contributed by atoms with Gasteiger partial charge in [-0.05, 0) is 34.9 Å². The summed E-state index contributed by atoms with van der Waals surface area (Å²) < 4.78 is 3.71. The van der Waals surface area contributed by atoms with E-state index in [1.165, 1.54) is 11.8 Å². The number of nitrogens with zero attached hydrogens (tertiary/aromatic N) is 7. The van der Waals surface area contributed by atoms with Crippen molar-refractivity contribution in [3.05, 3.63) is 76.9 Å². The molecular formula is C24H24ClN7OS. The topological polar surface area (TPSA) is 81.7 Å². The Bertz CT molecular complexity index is 1290. The molecule has 1 fully saturated rings. The van der Waals surface area contributed by atoms with Crippen molar-refractivity contribution < 1.29 is 4.79 Å². The fourth-order valence-electron chi connectivity index (χ4n) is 3.71. The van der Waals surface area contributed by atoms with Crippen LogP contribution in [0, 0.1) is 0 Å². The Morgan fingerprint density at radius 1 is 1.12 bits per heavy atom. The average molecular weight is 494 g/mol. The van der Waals surface area contributed by atoms with Crippen molar-refractivity contribution in [2.75, 3.05) is 12.8 Å². The maximum absolute atomic E-state index is 12.9. The third kappa shape index (κ3) is 5.15. The SMILES string of the molecule is CN(Cc1cn(Cc2ccccc2Cl)nc1-c1ccccc1)C(=O)CSc1nnnn1C1CC1. The fraction of sp³-hybridized carbons (Fsp3) is 0.292. The molecule has 1 saturated carbocycles. The summed E-state index contributed by atoms with van der Waals surface area (Å²) in [7, 11) is 1.81. The Balaban J connectivity index is 1.32. The highest BCUT2D eigenvalue weighted by Gasteiger charge is 2.28. The predicted octanol–water partition coefficient (Wildman–Crippen LogP) is 4.32. The molecule has 0 unspecified atom stereocenters. The van der Waals surface area contributed by atoms with Crippen LogP contribution in [0.4, 0.5) is 0 Å². The molecule has 1 aliphatic carbocycles. The van der Waals surface area contributed by atoms with Crippen molar-refractivity contribution in [2.45, 2.75) is 37.1 Å². The van der Waals surface area contributed by atoms with Gasteiger partial charge in [0.1, 0.15) is 0 Å². The highest BCUT2D eigenvalue weighted by Crippen LogP contribution is 2.36. The zero-order valence-electron chi connectivity index (χ0n) is 18.7. The van der Waals surface area contributed by atoms with E-state index in [9.17, 15) is 4.79 Å². The fourth-order valence-corrected chi connectivity index (χ4v) is 4.79. The van der Waals surface area contributed by atoms with E-state index >= 15 is 0 Å². The van der Waals surface area contributed by atoms with Crippen molar-refractivity contribution in [3.63, 3.8) is 0 Å². The van der Waals surface area contributed by atoms with Crippen LogP contribution < -0.4 is 0 Å². The number of carbonyl (C=O) groups excluding carboxylic acids is 1. The lowest BCUT2D eigenvalue weighted by Crippen LogP contribution is -2.28. The molecule has 0 atom stereocenters. The summed E-state index contributed by atoms with van der Waals surface area (Å²) in [6.07, 6.45) is 4.18. The van der Waals surface area contributed by atoms with Crippen LogP contribution in [0.5, 0.6) is 0 Å². The van der Waals surface area contributed by atoms with Crippen LogP contribution in [0.25, 0.3) is 11.3 Å². The number of hydrogen-bond acceptors (Lipinski definition) is 6. The Morgan fingerprint density at radius 2 is 1.88 bits per heavy atom. The number of halogens is 1. The molecular weight excluding hydrogens is 470 g/mol. The molecule has 174 valence electrons. The van der Waals surface area contributed by atoms with Gasteiger partial charge in [-0.3, -0.25) is 9.48 Å². The molecule has 34 heavy (non-hydrogen) atoms. The van der Waals surface area contributed by atoms with Crippen LogP contribution in [-0.2, 0) is 17.9 Å². The second-order valence-electron chi connectivity index (χ2n) is 8.33. The van der Waals surface area contributed by atoms with Crippen LogP contribution in [0.2, 0.25) is 5.02 Å². The molecule has 0 saturated heterocycles. The third-order valence-corrected chi connectivity index (χ3v) is 6.98. The zero-order chi connectivity index (χ0) is 23.5. The molecule has 0 N–H and O–H groups in total. The van der Waals surface area contributed by atoms with Gasteiger partial charge in [0.05, 0.1) is 24.0 Å². The van der Waals surface area contributed by atoms with E-state index < -0.39 is 0 Å². The zero-order valence-corrected chi connectivity index (χ0v) is 20.3. The van der Waals surface area contributed by atoms with Crippen molar-refractivity contribution in [2.24, 2.45) is 0 Å². The minimum atomic E-state index is 0.00760. The summed E-state index contributed by atoms with van der Waals surface area (Å²) in [6.45, 7) is 0.997. The van der Waals surface area contributed by atoms with Crippen LogP contribution in [0.1, 0.15) is 30.0 Å². The number of carbonyl (C=O) groups is 1. The number of amides is 1. The molecule has 5 rings (SSSR count). The van der Waals surface area contributed by atoms with E-state index in [-0.39, 0.29) is 11.7 Å². The van der Waals surface area contributed by atoms with E-state index in [2.05, 4.69) is 15.5 Å². The normalized spacial score (nSPS) is 13.2. The molecule has 0 aliphatic heterocycles. The van der Waals surface area contributed by atoms with Crippen LogP contribution >= 0.6 is 23.4 Å². The maximum atomic E-state index is 12.9. The van der Waals surface area contributed by atoms with E-state index in [1.54, 1.807) is 4.90 Å². The standard InChI is InChI=1S/C24H24ClN7OS/c1-30(22(33)16-34-24-26-28-29-32(24)20-11-12-20)13-19-15-31(14-18-9-5-6-10-21(18)25)27-23(19)17-7-3-2-4-8-17/h2-10,15,20H,11-14,16H2,1H3. The second-order valence-corrected chi connectivity index (χ2v) is 9.68. The van der Waals surface area contributed by atoms with Gasteiger partial charge in [-0.15, -0.1) is 5.10 Å². The molecule has 0 bridgehead atoms. The van der Waals surface area contributed by atoms with Gasteiger partial charge in [-0.2, -0.15) is 5.10 Å². The number of tetrazole rings is 1. The first-order valence-corrected chi connectivity index (χ1v) is 12.4. The van der Waals surface area contributed by atoms with E-state index in [0.29, 0.717) is 29.3 Å². The van der Waals surface area contributed by atoms with Crippen molar-refractivity contribution in [3.8, 4) is 11.3 Å². The van der Waals surface area contributed by atoms with Crippen LogP contribution in [0.15, 0.2) is 66.0 Å². The van der Waals surface area contributed by atoms with Crippen molar-refractivity contribution in [1.82, 2.24) is 34.9 Å². The number of hydrogen-bond donors (Lipinski definition) is 0. The lowest BCUT2D eigenvalue weighted by atomic mass is 10.1. The van der Waals surface area contributed by atoms with Gasteiger partial charge < -0.3 is 4.90 Å². The molecule has 8 nitrogen and oxygen atoms in total. The number of benzene rings is 2. The molecule has 2 heterocycles. The lowest BCUT2D eigenvalue weighted by molar-refractivity contribution is -0.127. The van der Waals surface area contributed by atoms with E-state index in [4.69, 9.17) is 16.7 Å². The average Bonchev–Trinajstić information content (AvgIpc) is 3.45. The smallest absolute Gasteiger partial charge is 0.233 e. The highest BCUT2D eigenvalue weighted by molar-refractivity contribution is 7.99. The molecule has 2 aromatic heterocycles. The number of thioether (sulfide) groups is 1. The summed E-state index contributed by atoms with van der Waals surface area (Å²) in [5.41, 5.74) is 3.83. The van der Waals surface area contributed by atoms with Crippen LogP contribution in [-0.4, -0.2) is 53.6 Å². The number of rotatable bonds is 9. The Kier molecular flexibility index (Phi) is 6.64. The lowest BCUT2D eigenvalue weighted by Gasteiger charge is -2.17. The molecule has 2 aromatic carbocycles. The van der Waals surface area contributed by atoms with E-state index in [0.717, 1.165) is 35.2 Å². The summed E-state index contributed by atoms with van der Waals surface area (Å²) in [6, 6.07) is 18.1. The predicted molar refractivity (Wildman–Crippen MR) is 132 cm³/mol. The van der Waals surface area contributed by atoms with Gasteiger partial charge in [0, 0.05) is 35.9 Å². The van der Waals surface area contributed by atoms with Gasteiger partial charge in [-0.25, -0.2) is 4.68 Å². The molecule has 0 radical (unpaired) electrons. The minimum absolute atomic E-state index is 0.00760. The molecule has 10 heteroatoms.